The number of hydrogen-bond donors (Lipinski definition) is 1. The maximum absolute atomic E-state index is 11.5. The van der Waals surface area contributed by atoms with E-state index in [0.717, 1.165) is 4.47 Å². The molecule has 5 nitrogen and oxygen atoms in total. The number of nitrogens with zero attached hydrogens (tertiary/aromatic N) is 3. The Balaban J connectivity index is 2.71. The van der Waals surface area contributed by atoms with Gasteiger partial charge in [-0.25, -0.2) is 9.97 Å². The fraction of sp³-hybridized carbons (Fsp3) is 0.400. The van der Waals surface area contributed by atoms with Crippen LogP contribution in [0.5, 0.6) is 5.88 Å². The highest BCUT2D eigenvalue weighted by atomic mass is 79.9. The maximum atomic E-state index is 11.5. The third-order valence-corrected chi connectivity index (χ3v) is 3.91. The minimum Gasteiger partial charge on any atom is -0.481 e. The predicted molar refractivity (Wildman–Crippen MR) is 83.0 cm³/mol. The lowest BCUT2D eigenvalue weighted by molar-refractivity contribution is -0.0320. The molecule has 6 heteroatoms. The van der Waals surface area contributed by atoms with Crippen molar-refractivity contribution in [3.63, 3.8) is 0 Å². The van der Waals surface area contributed by atoms with Gasteiger partial charge in [-0.1, -0.05) is 20.8 Å². The first kappa shape index (κ1) is 15.9. The zero-order valence-corrected chi connectivity index (χ0v) is 14.0. The zero-order chi connectivity index (χ0) is 15.7. The van der Waals surface area contributed by atoms with E-state index in [0.29, 0.717) is 17.1 Å². The van der Waals surface area contributed by atoms with Crippen molar-refractivity contribution in [2.45, 2.75) is 26.4 Å². The SMILES string of the molecule is COc1ncncc1C(O)(c1ccc(Br)cn1)C(C)(C)C. The summed E-state index contributed by atoms with van der Waals surface area (Å²) >= 11 is 3.35. The summed E-state index contributed by atoms with van der Waals surface area (Å²) in [6.07, 6.45) is 4.61. The van der Waals surface area contributed by atoms with Crippen LogP contribution in [0.15, 0.2) is 35.3 Å². The molecule has 0 saturated heterocycles. The van der Waals surface area contributed by atoms with Crippen LogP contribution in [0.2, 0.25) is 0 Å². The first-order valence-electron chi connectivity index (χ1n) is 6.49. The minimum atomic E-state index is -1.37. The topological polar surface area (TPSA) is 68.1 Å². The minimum absolute atomic E-state index is 0.340. The van der Waals surface area contributed by atoms with Gasteiger partial charge in [0.15, 0.2) is 0 Å². The Bertz CT molecular complexity index is 626. The van der Waals surface area contributed by atoms with Gasteiger partial charge in [-0.05, 0) is 28.1 Å². The largest absolute Gasteiger partial charge is 0.481 e. The van der Waals surface area contributed by atoms with Crippen LogP contribution in [0, 0.1) is 5.41 Å². The summed E-state index contributed by atoms with van der Waals surface area (Å²) in [4.78, 5) is 12.5. The van der Waals surface area contributed by atoms with Crippen molar-refractivity contribution < 1.29 is 9.84 Å². The molecule has 112 valence electrons. The molecule has 2 rings (SSSR count). The smallest absolute Gasteiger partial charge is 0.222 e. The molecule has 2 aromatic rings. The lowest BCUT2D eigenvalue weighted by Gasteiger charge is -2.40. The van der Waals surface area contributed by atoms with Gasteiger partial charge in [0.25, 0.3) is 0 Å². The van der Waals surface area contributed by atoms with Gasteiger partial charge in [0.05, 0.1) is 18.4 Å². The standard InChI is InChI=1S/C15H18BrN3O2/c1-14(2,3)15(20,12-6-5-10(16)7-18-12)11-8-17-9-19-13(11)21-4/h5-9,20H,1-4H3. The monoisotopic (exact) mass is 351 g/mol. The highest BCUT2D eigenvalue weighted by molar-refractivity contribution is 9.10. The van der Waals surface area contributed by atoms with Gasteiger partial charge >= 0.3 is 0 Å². The molecule has 0 amide bonds. The van der Waals surface area contributed by atoms with E-state index < -0.39 is 11.0 Å². The molecule has 0 bridgehead atoms. The summed E-state index contributed by atoms with van der Waals surface area (Å²) < 4.78 is 6.13. The number of pyridine rings is 1. The number of halogens is 1. The van der Waals surface area contributed by atoms with Crippen LogP contribution in [0.1, 0.15) is 32.0 Å². The Hall–Kier alpha value is -1.53. The zero-order valence-electron chi connectivity index (χ0n) is 12.5. The van der Waals surface area contributed by atoms with E-state index in [-0.39, 0.29) is 0 Å². The average molecular weight is 352 g/mol. The van der Waals surface area contributed by atoms with Crippen LogP contribution in [-0.4, -0.2) is 27.2 Å². The summed E-state index contributed by atoms with van der Waals surface area (Å²) in [6.45, 7) is 5.80. The van der Waals surface area contributed by atoms with Crippen LogP contribution in [0.25, 0.3) is 0 Å². The molecular formula is C15H18BrN3O2. The molecule has 0 aliphatic rings. The molecule has 0 aliphatic carbocycles. The van der Waals surface area contributed by atoms with Crippen LogP contribution >= 0.6 is 15.9 Å². The lowest BCUT2D eigenvalue weighted by atomic mass is 9.70. The molecule has 0 radical (unpaired) electrons. The van der Waals surface area contributed by atoms with E-state index in [9.17, 15) is 5.11 Å². The van der Waals surface area contributed by atoms with Crippen molar-refractivity contribution in [1.29, 1.82) is 0 Å². The van der Waals surface area contributed by atoms with Crippen LogP contribution in [-0.2, 0) is 5.60 Å². The van der Waals surface area contributed by atoms with Gasteiger partial charge in [-0.3, -0.25) is 4.98 Å². The van der Waals surface area contributed by atoms with Crippen molar-refractivity contribution in [3.8, 4) is 5.88 Å². The first-order chi connectivity index (χ1) is 9.80. The van der Waals surface area contributed by atoms with Crippen molar-refractivity contribution in [3.05, 3.63) is 46.6 Å². The molecule has 1 N–H and O–H groups in total. The molecule has 21 heavy (non-hydrogen) atoms. The van der Waals surface area contributed by atoms with E-state index in [2.05, 4.69) is 30.9 Å². The normalized spacial score (nSPS) is 14.6. The molecule has 0 saturated carbocycles. The Morgan fingerprint density at radius 3 is 2.38 bits per heavy atom. The number of ether oxygens (including phenoxy) is 1. The van der Waals surface area contributed by atoms with Gasteiger partial charge in [0.1, 0.15) is 11.9 Å². The van der Waals surface area contributed by atoms with Crippen molar-refractivity contribution in [2.75, 3.05) is 7.11 Å². The van der Waals surface area contributed by atoms with E-state index in [1.54, 1.807) is 18.5 Å². The van der Waals surface area contributed by atoms with E-state index >= 15 is 0 Å². The van der Waals surface area contributed by atoms with Gasteiger partial charge in [0.2, 0.25) is 5.88 Å². The van der Waals surface area contributed by atoms with Gasteiger partial charge in [-0.15, -0.1) is 0 Å². The Labute approximate surface area is 132 Å². The molecular weight excluding hydrogens is 334 g/mol. The molecule has 1 atom stereocenters. The fourth-order valence-electron chi connectivity index (χ4n) is 2.25. The second-order valence-corrected chi connectivity index (χ2v) is 6.68. The summed E-state index contributed by atoms with van der Waals surface area (Å²) in [5.41, 5.74) is -0.896. The fourth-order valence-corrected chi connectivity index (χ4v) is 2.48. The third-order valence-electron chi connectivity index (χ3n) is 3.44. The summed E-state index contributed by atoms with van der Waals surface area (Å²) in [5, 5.41) is 11.5. The Kier molecular flexibility index (Phi) is 4.30. The van der Waals surface area contributed by atoms with Crippen molar-refractivity contribution >= 4 is 15.9 Å². The number of aromatic nitrogens is 3. The van der Waals surface area contributed by atoms with Crippen LogP contribution < -0.4 is 4.74 Å². The molecule has 0 spiro atoms. The molecule has 0 fully saturated rings. The van der Waals surface area contributed by atoms with Gasteiger partial charge in [-0.2, -0.15) is 0 Å². The third kappa shape index (κ3) is 2.78. The molecule has 2 heterocycles. The maximum Gasteiger partial charge on any atom is 0.222 e. The number of methoxy groups -OCH3 is 1. The number of aliphatic hydroxyl groups is 1. The van der Waals surface area contributed by atoms with Crippen LogP contribution in [0.4, 0.5) is 0 Å². The second-order valence-electron chi connectivity index (χ2n) is 5.77. The Morgan fingerprint density at radius 1 is 1.14 bits per heavy atom. The number of hydrogen-bond acceptors (Lipinski definition) is 5. The second kappa shape index (κ2) is 5.69. The van der Waals surface area contributed by atoms with Crippen molar-refractivity contribution in [1.82, 2.24) is 15.0 Å². The average Bonchev–Trinajstić information content (AvgIpc) is 2.46. The molecule has 2 aromatic heterocycles. The van der Waals surface area contributed by atoms with Gasteiger partial charge in [0, 0.05) is 22.3 Å². The quantitative estimate of drug-likeness (QED) is 0.920. The molecule has 0 aromatic carbocycles. The predicted octanol–water partition coefficient (Wildman–Crippen LogP) is 2.92. The summed E-state index contributed by atoms with van der Waals surface area (Å²) in [7, 11) is 1.52. The van der Waals surface area contributed by atoms with Crippen molar-refractivity contribution in [2.24, 2.45) is 5.41 Å². The molecule has 0 aliphatic heterocycles. The highest BCUT2D eigenvalue weighted by Crippen LogP contribution is 2.46. The highest BCUT2D eigenvalue weighted by Gasteiger charge is 2.47. The van der Waals surface area contributed by atoms with E-state index in [4.69, 9.17) is 4.74 Å². The van der Waals surface area contributed by atoms with E-state index in [1.165, 1.54) is 13.4 Å². The summed E-state index contributed by atoms with van der Waals surface area (Å²) in [6, 6.07) is 3.62. The van der Waals surface area contributed by atoms with Crippen LogP contribution in [0.3, 0.4) is 0 Å². The molecule has 1 unspecified atom stereocenters. The van der Waals surface area contributed by atoms with Gasteiger partial charge < -0.3 is 9.84 Å². The number of rotatable bonds is 3. The first-order valence-corrected chi connectivity index (χ1v) is 7.29. The van der Waals surface area contributed by atoms with E-state index in [1.807, 2.05) is 26.8 Å². The summed E-state index contributed by atoms with van der Waals surface area (Å²) in [5.74, 6) is 0.340. The Morgan fingerprint density at radius 2 is 1.86 bits per heavy atom. The lowest BCUT2D eigenvalue weighted by Crippen LogP contribution is -2.42.